The summed E-state index contributed by atoms with van der Waals surface area (Å²) in [5.41, 5.74) is 2.31. The number of aryl methyl sites for hydroxylation is 1. The Hall–Kier alpha value is -1.19. The summed E-state index contributed by atoms with van der Waals surface area (Å²) in [5, 5.41) is 0. The molecule has 0 N–H and O–H groups in total. The van der Waals surface area contributed by atoms with Gasteiger partial charge in [-0.1, -0.05) is 6.07 Å². The van der Waals surface area contributed by atoms with Crippen molar-refractivity contribution in [2.24, 2.45) is 0 Å². The lowest BCUT2D eigenvalue weighted by Crippen LogP contribution is -2.46. The maximum absolute atomic E-state index is 14.0. The SMILES string of the molecule is Cc1ccc(F)c(N2CCC(F)(F)CC2C)c1C. The first-order chi connectivity index (χ1) is 8.32. The zero-order valence-electron chi connectivity index (χ0n) is 10.9. The normalized spacial score (nSPS) is 23.2. The molecule has 0 radical (unpaired) electrons. The minimum absolute atomic E-state index is 0.204. The van der Waals surface area contributed by atoms with Crippen LogP contribution in [-0.2, 0) is 0 Å². The van der Waals surface area contributed by atoms with Gasteiger partial charge in [-0.2, -0.15) is 0 Å². The molecule has 1 atom stereocenters. The van der Waals surface area contributed by atoms with E-state index in [2.05, 4.69) is 0 Å². The van der Waals surface area contributed by atoms with E-state index >= 15 is 0 Å². The summed E-state index contributed by atoms with van der Waals surface area (Å²) in [6.45, 7) is 5.68. The Morgan fingerprint density at radius 1 is 1.28 bits per heavy atom. The molecular formula is C14H18F3N. The predicted octanol–water partition coefficient (Wildman–Crippen LogP) is 4.07. The molecule has 0 aliphatic carbocycles. The zero-order valence-corrected chi connectivity index (χ0v) is 10.9. The van der Waals surface area contributed by atoms with Crippen LogP contribution in [0.4, 0.5) is 18.9 Å². The Labute approximate surface area is 106 Å². The van der Waals surface area contributed by atoms with E-state index in [0.717, 1.165) is 11.1 Å². The topological polar surface area (TPSA) is 3.24 Å². The van der Waals surface area contributed by atoms with Crippen molar-refractivity contribution in [3.05, 3.63) is 29.1 Å². The molecule has 0 saturated carbocycles. The van der Waals surface area contributed by atoms with Gasteiger partial charge in [0.15, 0.2) is 0 Å². The Morgan fingerprint density at radius 3 is 2.56 bits per heavy atom. The van der Waals surface area contributed by atoms with E-state index in [-0.39, 0.29) is 31.2 Å². The second-order valence-electron chi connectivity index (χ2n) is 5.19. The molecule has 18 heavy (non-hydrogen) atoms. The van der Waals surface area contributed by atoms with Crippen molar-refractivity contribution >= 4 is 5.69 Å². The van der Waals surface area contributed by atoms with E-state index in [4.69, 9.17) is 0 Å². The van der Waals surface area contributed by atoms with Gasteiger partial charge in [-0.25, -0.2) is 13.2 Å². The van der Waals surface area contributed by atoms with Crippen molar-refractivity contribution in [2.45, 2.75) is 45.6 Å². The molecule has 1 aliphatic rings. The van der Waals surface area contributed by atoms with Gasteiger partial charge in [-0.15, -0.1) is 0 Å². The molecule has 1 aliphatic heterocycles. The van der Waals surface area contributed by atoms with Crippen molar-refractivity contribution in [1.29, 1.82) is 0 Å². The summed E-state index contributed by atoms with van der Waals surface area (Å²) in [6, 6.07) is 2.79. The Kier molecular flexibility index (Phi) is 3.30. The molecule has 100 valence electrons. The number of anilines is 1. The maximum Gasteiger partial charge on any atom is 0.251 e. The third-order valence-corrected chi connectivity index (χ3v) is 3.78. The van der Waals surface area contributed by atoms with Crippen LogP contribution in [0, 0.1) is 19.7 Å². The quantitative estimate of drug-likeness (QED) is 0.733. The molecule has 1 heterocycles. The number of rotatable bonds is 1. The number of alkyl halides is 2. The molecular weight excluding hydrogens is 239 g/mol. The largest absolute Gasteiger partial charge is 0.366 e. The monoisotopic (exact) mass is 257 g/mol. The predicted molar refractivity (Wildman–Crippen MR) is 66.9 cm³/mol. The molecule has 0 aromatic heterocycles. The van der Waals surface area contributed by atoms with Crippen molar-refractivity contribution in [3.8, 4) is 0 Å². The highest BCUT2D eigenvalue weighted by molar-refractivity contribution is 5.58. The highest BCUT2D eigenvalue weighted by Gasteiger charge is 2.39. The van der Waals surface area contributed by atoms with E-state index in [1.165, 1.54) is 6.07 Å². The Balaban J connectivity index is 2.36. The summed E-state index contributed by atoms with van der Waals surface area (Å²) in [7, 11) is 0. The van der Waals surface area contributed by atoms with Crippen molar-refractivity contribution in [1.82, 2.24) is 0 Å². The molecule has 2 rings (SSSR count). The number of nitrogens with zero attached hydrogens (tertiary/aromatic N) is 1. The molecule has 1 aromatic carbocycles. The minimum Gasteiger partial charge on any atom is -0.366 e. The fourth-order valence-corrected chi connectivity index (χ4v) is 2.60. The van der Waals surface area contributed by atoms with Gasteiger partial charge in [0, 0.05) is 25.4 Å². The lowest BCUT2D eigenvalue weighted by Gasteiger charge is -2.40. The van der Waals surface area contributed by atoms with Crippen LogP contribution in [0.5, 0.6) is 0 Å². The van der Waals surface area contributed by atoms with Gasteiger partial charge >= 0.3 is 0 Å². The Morgan fingerprint density at radius 2 is 1.94 bits per heavy atom. The molecule has 0 amide bonds. The molecule has 1 nitrogen and oxygen atoms in total. The van der Waals surface area contributed by atoms with Gasteiger partial charge in [0.2, 0.25) is 0 Å². The van der Waals surface area contributed by atoms with E-state index in [9.17, 15) is 13.2 Å². The number of halogens is 3. The standard InChI is InChI=1S/C14H18F3N/c1-9-4-5-12(15)13(11(9)3)18-7-6-14(16,17)8-10(18)2/h4-5,10H,6-8H2,1-3H3. The molecule has 1 unspecified atom stereocenters. The number of hydrogen-bond acceptors (Lipinski definition) is 1. The molecule has 0 bridgehead atoms. The van der Waals surface area contributed by atoms with E-state index < -0.39 is 5.92 Å². The van der Waals surface area contributed by atoms with Gasteiger partial charge in [0.25, 0.3) is 5.92 Å². The van der Waals surface area contributed by atoms with Gasteiger partial charge in [0.1, 0.15) is 5.82 Å². The molecule has 1 saturated heterocycles. The van der Waals surface area contributed by atoms with Gasteiger partial charge in [-0.05, 0) is 38.0 Å². The first-order valence-electron chi connectivity index (χ1n) is 6.22. The van der Waals surface area contributed by atoms with Gasteiger partial charge < -0.3 is 4.90 Å². The fourth-order valence-electron chi connectivity index (χ4n) is 2.60. The lowest BCUT2D eigenvalue weighted by molar-refractivity contribution is -0.0319. The van der Waals surface area contributed by atoms with Crippen LogP contribution in [0.2, 0.25) is 0 Å². The van der Waals surface area contributed by atoms with Crippen LogP contribution in [0.25, 0.3) is 0 Å². The number of hydrogen-bond donors (Lipinski definition) is 0. The van der Waals surface area contributed by atoms with Crippen molar-refractivity contribution in [3.63, 3.8) is 0 Å². The second-order valence-corrected chi connectivity index (χ2v) is 5.19. The van der Waals surface area contributed by atoms with Crippen LogP contribution < -0.4 is 4.90 Å². The highest BCUT2D eigenvalue weighted by atomic mass is 19.3. The maximum atomic E-state index is 14.0. The van der Waals surface area contributed by atoms with E-state index in [1.54, 1.807) is 17.9 Å². The summed E-state index contributed by atoms with van der Waals surface area (Å²) in [6.07, 6.45) is -0.413. The van der Waals surface area contributed by atoms with Gasteiger partial charge in [0.05, 0.1) is 5.69 Å². The number of benzene rings is 1. The fraction of sp³-hybridized carbons (Fsp3) is 0.571. The van der Waals surface area contributed by atoms with Crippen molar-refractivity contribution in [2.75, 3.05) is 11.4 Å². The van der Waals surface area contributed by atoms with Crippen molar-refractivity contribution < 1.29 is 13.2 Å². The summed E-state index contributed by atoms with van der Waals surface area (Å²) in [4.78, 5) is 1.77. The molecule has 4 heteroatoms. The van der Waals surface area contributed by atoms with E-state index in [1.807, 2.05) is 13.8 Å². The Bertz CT molecular complexity index is 457. The third kappa shape index (κ3) is 2.33. The summed E-state index contributed by atoms with van der Waals surface area (Å²) in [5.74, 6) is -2.94. The summed E-state index contributed by atoms with van der Waals surface area (Å²) >= 11 is 0. The summed E-state index contributed by atoms with van der Waals surface area (Å²) < 4.78 is 40.6. The molecule has 1 fully saturated rings. The lowest BCUT2D eigenvalue weighted by atomic mass is 9.97. The number of piperidine rings is 1. The van der Waals surface area contributed by atoms with Crippen LogP contribution in [0.15, 0.2) is 12.1 Å². The molecule has 1 aromatic rings. The van der Waals surface area contributed by atoms with Gasteiger partial charge in [-0.3, -0.25) is 0 Å². The van der Waals surface area contributed by atoms with Crippen LogP contribution in [0.1, 0.15) is 30.9 Å². The van der Waals surface area contributed by atoms with Crippen LogP contribution in [0.3, 0.4) is 0 Å². The van der Waals surface area contributed by atoms with Crippen LogP contribution in [-0.4, -0.2) is 18.5 Å². The van der Waals surface area contributed by atoms with Crippen LogP contribution >= 0.6 is 0 Å². The average Bonchev–Trinajstić information content (AvgIpc) is 2.26. The second kappa shape index (κ2) is 4.48. The molecule has 0 spiro atoms. The first kappa shape index (κ1) is 13.2. The third-order valence-electron chi connectivity index (χ3n) is 3.78. The average molecular weight is 257 g/mol. The minimum atomic E-state index is -2.62. The highest BCUT2D eigenvalue weighted by Crippen LogP contribution is 2.37. The van der Waals surface area contributed by atoms with E-state index in [0.29, 0.717) is 5.69 Å². The zero-order chi connectivity index (χ0) is 13.5. The first-order valence-corrected chi connectivity index (χ1v) is 6.22. The smallest absolute Gasteiger partial charge is 0.251 e.